The molecule has 27 heavy (non-hydrogen) atoms. The summed E-state index contributed by atoms with van der Waals surface area (Å²) in [6.07, 6.45) is 0. The first-order valence-electron chi connectivity index (χ1n) is 8.56. The van der Waals surface area contributed by atoms with Gasteiger partial charge < -0.3 is 14.0 Å². The number of benzene rings is 2. The van der Waals surface area contributed by atoms with E-state index in [1.165, 1.54) is 11.8 Å². The van der Waals surface area contributed by atoms with Crippen LogP contribution >= 0.6 is 11.8 Å². The molecule has 0 aliphatic heterocycles. The molecular formula is C20H21N3O3S. The summed E-state index contributed by atoms with van der Waals surface area (Å²) in [5, 5.41) is 8.71. The minimum atomic E-state index is -0.502. The van der Waals surface area contributed by atoms with Crippen molar-refractivity contribution in [2.24, 2.45) is 7.05 Å². The van der Waals surface area contributed by atoms with Crippen LogP contribution in [0, 0.1) is 0 Å². The van der Waals surface area contributed by atoms with Gasteiger partial charge in [0.05, 0.1) is 13.7 Å². The molecule has 0 unspecified atom stereocenters. The Balaban J connectivity index is 1.88. The molecule has 140 valence electrons. The first kappa shape index (κ1) is 19.0. The van der Waals surface area contributed by atoms with E-state index in [-0.39, 0.29) is 5.97 Å². The summed E-state index contributed by atoms with van der Waals surface area (Å²) in [5.41, 5.74) is 1.79. The summed E-state index contributed by atoms with van der Waals surface area (Å²) in [6, 6.07) is 17.2. The van der Waals surface area contributed by atoms with E-state index < -0.39 is 5.25 Å². The molecule has 0 saturated carbocycles. The van der Waals surface area contributed by atoms with Crippen LogP contribution in [0.3, 0.4) is 0 Å². The van der Waals surface area contributed by atoms with Crippen molar-refractivity contribution in [3.63, 3.8) is 0 Å². The highest BCUT2D eigenvalue weighted by Gasteiger charge is 2.26. The summed E-state index contributed by atoms with van der Waals surface area (Å²) < 4.78 is 12.3. The van der Waals surface area contributed by atoms with Gasteiger partial charge in [0, 0.05) is 12.6 Å². The maximum Gasteiger partial charge on any atom is 0.324 e. The number of nitrogens with zero attached hydrogens (tertiary/aromatic N) is 3. The van der Waals surface area contributed by atoms with Gasteiger partial charge in [-0.2, -0.15) is 0 Å². The Hall–Kier alpha value is -2.80. The highest BCUT2D eigenvalue weighted by atomic mass is 32.2. The number of hydrogen-bond donors (Lipinski definition) is 0. The molecule has 3 rings (SSSR count). The molecule has 3 aromatic rings. The lowest BCUT2D eigenvalue weighted by Crippen LogP contribution is -2.14. The number of hydrogen-bond acceptors (Lipinski definition) is 6. The zero-order chi connectivity index (χ0) is 19.2. The van der Waals surface area contributed by atoms with Gasteiger partial charge in [0.15, 0.2) is 11.0 Å². The Morgan fingerprint density at radius 2 is 1.81 bits per heavy atom. The van der Waals surface area contributed by atoms with Crippen LogP contribution in [0.1, 0.15) is 17.7 Å². The van der Waals surface area contributed by atoms with Crippen LogP contribution in [0.2, 0.25) is 0 Å². The lowest BCUT2D eigenvalue weighted by molar-refractivity contribution is -0.142. The molecule has 7 heteroatoms. The molecule has 0 aliphatic carbocycles. The van der Waals surface area contributed by atoms with Gasteiger partial charge in [0.25, 0.3) is 0 Å². The Bertz CT molecular complexity index is 895. The number of esters is 1. The SMILES string of the molecule is CCOC(=O)[C@@H](Sc1nnc(-c2ccc(OC)cc2)n1C)c1ccccc1. The predicted molar refractivity (Wildman–Crippen MR) is 105 cm³/mol. The fraction of sp³-hybridized carbons (Fsp3) is 0.250. The summed E-state index contributed by atoms with van der Waals surface area (Å²) in [6.45, 7) is 2.13. The smallest absolute Gasteiger partial charge is 0.324 e. The minimum absolute atomic E-state index is 0.289. The molecule has 0 N–H and O–H groups in total. The first-order chi connectivity index (χ1) is 13.1. The molecule has 0 amide bonds. The van der Waals surface area contributed by atoms with Crippen LogP contribution in [0.5, 0.6) is 5.75 Å². The van der Waals surface area contributed by atoms with Crippen LogP contribution in [-0.4, -0.2) is 34.5 Å². The fourth-order valence-corrected chi connectivity index (χ4v) is 3.61. The third-order valence-electron chi connectivity index (χ3n) is 4.01. The van der Waals surface area contributed by atoms with Crippen molar-refractivity contribution in [1.82, 2.24) is 14.8 Å². The van der Waals surface area contributed by atoms with Gasteiger partial charge >= 0.3 is 5.97 Å². The van der Waals surface area contributed by atoms with Crippen LogP contribution in [-0.2, 0) is 16.6 Å². The summed E-state index contributed by atoms with van der Waals surface area (Å²) in [7, 11) is 3.51. The van der Waals surface area contributed by atoms with E-state index in [1.807, 2.05) is 66.2 Å². The number of ether oxygens (including phenoxy) is 2. The molecule has 1 aromatic heterocycles. The monoisotopic (exact) mass is 383 g/mol. The topological polar surface area (TPSA) is 66.2 Å². The Kier molecular flexibility index (Phi) is 6.13. The van der Waals surface area contributed by atoms with Crippen molar-refractivity contribution in [2.45, 2.75) is 17.3 Å². The quantitative estimate of drug-likeness (QED) is 0.456. The third kappa shape index (κ3) is 4.31. The van der Waals surface area contributed by atoms with E-state index in [2.05, 4.69) is 10.2 Å². The largest absolute Gasteiger partial charge is 0.497 e. The van der Waals surface area contributed by atoms with Gasteiger partial charge in [-0.05, 0) is 36.8 Å². The highest BCUT2D eigenvalue weighted by molar-refractivity contribution is 8.00. The van der Waals surface area contributed by atoms with Gasteiger partial charge in [-0.15, -0.1) is 10.2 Å². The normalized spacial score (nSPS) is 11.8. The van der Waals surface area contributed by atoms with Crippen molar-refractivity contribution in [2.75, 3.05) is 13.7 Å². The average molecular weight is 383 g/mol. The minimum Gasteiger partial charge on any atom is -0.497 e. The molecular weight excluding hydrogens is 362 g/mol. The second-order valence-corrected chi connectivity index (χ2v) is 6.83. The van der Waals surface area contributed by atoms with Crippen LogP contribution in [0.4, 0.5) is 0 Å². The molecule has 6 nitrogen and oxygen atoms in total. The van der Waals surface area contributed by atoms with E-state index >= 15 is 0 Å². The van der Waals surface area contributed by atoms with E-state index in [1.54, 1.807) is 14.0 Å². The Labute approximate surface area is 162 Å². The van der Waals surface area contributed by atoms with Crippen LogP contribution < -0.4 is 4.74 Å². The van der Waals surface area contributed by atoms with Crippen molar-refractivity contribution >= 4 is 17.7 Å². The lowest BCUT2D eigenvalue weighted by Gasteiger charge is -2.15. The number of methoxy groups -OCH3 is 1. The molecule has 0 fully saturated rings. The van der Waals surface area contributed by atoms with Gasteiger partial charge in [-0.1, -0.05) is 42.1 Å². The summed E-state index contributed by atoms with van der Waals surface area (Å²) >= 11 is 1.33. The average Bonchev–Trinajstić information content (AvgIpc) is 3.07. The Morgan fingerprint density at radius 3 is 2.44 bits per heavy atom. The van der Waals surface area contributed by atoms with Gasteiger partial charge in [-0.3, -0.25) is 4.79 Å². The van der Waals surface area contributed by atoms with Gasteiger partial charge in [0.2, 0.25) is 0 Å². The molecule has 1 heterocycles. The number of thioether (sulfide) groups is 1. The van der Waals surface area contributed by atoms with Crippen LogP contribution in [0.25, 0.3) is 11.4 Å². The second-order valence-electron chi connectivity index (χ2n) is 5.75. The summed E-state index contributed by atoms with van der Waals surface area (Å²) in [4.78, 5) is 12.5. The maximum absolute atomic E-state index is 12.5. The third-order valence-corrected chi connectivity index (χ3v) is 5.28. The zero-order valence-electron chi connectivity index (χ0n) is 15.5. The standard InChI is InChI=1S/C20H21N3O3S/c1-4-26-19(24)17(14-8-6-5-7-9-14)27-20-22-21-18(23(20)2)15-10-12-16(25-3)13-11-15/h5-13,17H,4H2,1-3H3/t17-/m0/s1. The van der Waals surface area contributed by atoms with E-state index in [9.17, 15) is 4.79 Å². The van der Waals surface area contributed by atoms with Gasteiger partial charge in [0.1, 0.15) is 11.0 Å². The van der Waals surface area contributed by atoms with Crippen LogP contribution in [0.15, 0.2) is 59.8 Å². The van der Waals surface area contributed by atoms with Crippen molar-refractivity contribution in [1.29, 1.82) is 0 Å². The lowest BCUT2D eigenvalue weighted by atomic mass is 10.1. The predicted octanol–water partition coefficient (Wildman–Crippen LogP) is 3.89. The molecule has 0 spiro atoms. The van der Waals surface area contributed by atoms with E-state index in [4.69, 9.17) is 9.47 Å². The highest BCUT2D eigenvalue weighted by Crippen LogP contribution is 2.36. The second kappa shape index (κ2) is 8.73. The molecule has 2 aromatic carbocycles. The molecule has 0 bridgehead atoms. The fourth-order valence-electron chi connectivity index (χ4n) is 2.61. The zero-order valence-corrected chi connectivity index (χ0v) is 16.3. The van der Waals surface area contributed by atoms with E-state index in [0.29, 0.717) is 11.8 Å². The van der Waals surface area contributed by atoms with E-state index in [0.717, 1.165) is 22.7 Å². The summed E-state index contributed by atoms with van der Waals surface area (Å²) in [5.74, 6) is 1.21. The molecule has 1 atom stereocenters. The first-order valence-corrected chi connectivity index (χ1v) is 9.44. The molecule has 0 aliphatic rings. The maximum atomic E-state index is 12.5. The van der Waals surface area contributed by atoms with Crippen molar-refractivity contribution < 1.29 is 14.3 Å². The number of carbonyl (C=O) groups is 1. The molecule has 0 radical (unpaired) electrons. The van der Waals surface area contributed by atoms with Crippen molar-refractivity contribution in [3.05, 3.63) is 60.2 Å². The Morgan fingerprint density at radius 1 is 1.11 bits per heavy atom. The van der Waals surface area contributed by atoms with Crippen molar-refractivity contribution in [3.8, 4) is 17.1 Å². The number of rotatable bonds is 7. The number of aromatic nitrogens is 3. The number of carbonyl (C=O) groups excluding carboxylic acids is 1. The van der Waals surface area contributed by atoms with Gasteiger partial charge in [-0.25, -0.2) is 0 Å². The molecule has 0 saturated heterocycles.